The summed E-state index contributed by atoms with van der Waals surface area (Å²) in [6, 6.07) is 77.5. The summed E-state index contributed by atoms with van der Waals surface area (Å²) < 4.78 is 2.35. The molecule has 10 aromatic carbocycles. The van der Waals surface area contributed by atoms with Gasteiger partial charge < -0.3 is 4.57 Å². The Balaban J connectivity index is 1.13. The van der Waals surface area contributed by atoms with Crippen molar-refractivity contribution in [2.45, 2.75) is 0 Å². The molecule has 4 heteroatoms. The molecular weight excluding hydrogens is 741 g/mol. The van der Waals surface area contributed by atoms with Crippen molar-refractivity contribution in [2.24, 2.45) is 0 Å². The Hall–Kier alpha value is -8.21. The molecule has 0 saturated carbocycles. The van der Waals surface area contributed by atoms with Gasteiger partial charge in [0.05, 0.1) is 11.0 Å². The molecule has 0 fully saturated rings. The Kier molecular flexibility index (Phi) is 8.13. The van der Waals surface area contributed by atoms with Gasteiger partial charge in [0.25, 0.3) is 0 Å². The number of para-hydroxylation sites is 2. The molecule has 0 atom stereocenters. The van der Waals surface area contributed by atoms with E-state index in [1.807, 2.05) is 6.07 Å². The summed E-state index contributed by atoms with van der Waals surface area (Å²) in [6.07, 6.45) is 0. The first-order valence-electron chi connectivity index (χ1n) is 20.7. The molecule has 0 bridgehead atoms. The predicted octanol–water partition coefficient (Wildman–Crippen LogP) is 14.8. The molecule has 284 valence electrons. The zero-order valence-electron chi connectivity index (χ0n) is 33.1. The maximum atomic E-state index is 5.50. The second kappa shape index (κ2) is 14.3. The molecule has 0 radical (unpaired) electrons. The lowest BCUT2D eigenvalue weighted by atomic mass is 9.92. The smallest absolute Gasteiger partial charge is 0.165 e. The summed E-state index contributed by atoms with van der Waals surface area (Å²) in [7, 11) is 0. The van der Waals surface area contributed by atoms with E-state index in [4.69, 9.17) is 15.0 Å². The largest absolute Gasteiger partial charge is 0.309 e. The molecule has 0 aliphatic carbocycles. The summed E-state index contributed by atoms with van der Waals surface area (Å²) in [4.78, 5) is 16.4. The number of fused-ring (bicyclic) bond motifs is 7. The second-order valence-corrected chi connectivity index (χ2v) is 15.5. The molecule has 0 spiro atoms. The predicted molar refractivity (Wildman–Crippen MR) is 254 cm³/mol. The van der Waals surface area contributed by atoms with E-state index >= 15 is 0 Å². The first kappa shape index (κ1) is 34.8. The highest BCUT2D eigenvalue weighted by Gasteiger charge is 2.22. The molecule has 0 amide bonds. The quantitative estimate of drug-likeness (QED) is 0.125. The molecule has 4 nitrogen and oxygen atoms in total. The zero-order valence-corrected chi connectivity index (χ0v) is 33.1. The van der Waals surface area contributed by atoms with Crippen LogP contribution in [0.1, 0.15) is 0 Å². The molecule has 0 aliphatic heterocycles. The molecule has 0 unspecified atom stereocenters. The molecular formula is C57H36N4. The Morgan fingerprint density at radius 2 is 0.820 bits per heavy atom. The Labute approximate surface area is 352 Å². The number of hydrogen-bond acceptors (Lipinski definition) is 3. The summed E-state index contributed by atoms with van der Waals surface area (Å²) >= 11 is 0. The van der Waals surface area contributed by atoms with Gasteiger partial charge in [0, 0.05) is 33.2 Å². The molecule has 61 heavy (non-hydrogen) atoms. The van der Waals surface area contributed by atoms with E-state index < -0.39 is 0 Å². The van der Waals surface area contributed by atoms with E-state index in [1.54, 1.807) is 0 Å². The highest BCUT2D eigenvalue weighted by Crippen LogP contribution is 2.42. The fraction of sp³-hybridized carbons (Fsp3) is 0. The van der Waals surface area contributed by atoms with Crippen LogP contribution in [0.3, 0.4) is 0 Å². The van der Waals surface area contributed by atoms with E-state index in [-0.39, 0.29) is 0 Å². The second-order valence-electron chi connectivity index (χ2n) is 15.5. The van der Waals surface area contributed by atoms with Crippen LogP contribution < -0.4 is 0 Å². The topological polar surface area (TPSA) is 43.6 Å². The molecule has 12 rings (SSSR count). The van der Waals surface area contributed by atoms with Crippen LogP contribution in [0.15, 0.2) is 218 Å². The standard InChI is InChI=1S/C57H36N4/c1-3-17-37(18-4-1)42-23-11-13-28-48(42)55-58-56(60-57(59-55)54-45-26-10-8-20-39(45)35-50-43-24-9-7-19-38(43)31-33-47(50)54)49-29-14-12-25-44(49)40-32-34-53-51(36-40)46-27-15-16-30-52(46)61(53)41-21-5-2-6-22-41/h1-36H. The van der Waals surface area contributed by atoms with Crippen molar-refractivity contribution in [1.29, 1.82) is 0 Å². The first-order valence-corrected chi connectivity index (χ1v) is 20.7. The monoisotopic (exact) mass is 776 g/mol. The van der Waals surface area contributed by atoms with E-state index in [2.05, 4.69) is 217 Å². The van der Waals surface area contributed by atoms with Gasteiger partial charge >= 0.3 is 0 Å². The van der Waals surface area contributed by atoms with Gasteiger partial charge in [0.1, 0.15) is 0 Å². The number of rotatable bonds is 6. The normalized spacial score (nSPS) is 11.6. The lowest BCUT2D eigenvalue weighted by molar-refractivity contribution is 1.08. The fourth-order valence-corrected chi connectivity index (χ4v) is 9.26. The first-order chi connectivity index (χ1) is 30.3. The van der Waals surface area contributed by atoms with E-state index in [0.717, 1.165) is 66.3 Å². The Bertz CT molecular complexity index is 3650. The maximum absolute atomic E-state index is 5.50. The molecule has 0 saturated heterocycles. The van der Waals surface area contributed by atoms with Crippen molar-refractivity contribution in [3.63, 3.8) is 0 Å². The van der Waals surface area contributed by atoms with Crippen molar-refractivity contribution in [1.82, 2.24) is 19.5 Å². The third-order valence-corrected chi connectivity index (χ3v) is 12.0. The Morgan fingerprint density at radius 1 is 0.279 bits per heavy atom. The van der Waals surface area contributed by atoms with Crippen LogP contribution in [-0.2, 0) is 0 Å². The van der Waals surface area contributed by atoms with Crippen molar-refractivity contribution >= 4 is 54.1 Å². The van der Waals surface area contributed by atoms with Gasteiger partial charge in [-0.2, -0.15) is 0 Å². The van der Waals surface area contributed by atoms with Crippen molar-refractivity contribution in [3.8, 4) is 62.1 Å². The van der Waals surface area contributed by atoms with Gasteiger partial charge in [-0.25, -0.2) is 15.0 Å². The third kappa shape index (κ3) is 5.80. The van der Waals surface area contributed by atoms with Crippen molar-refractivity contribution < 1.29 is 0 Å². The van der Waals surface area contributed by atoms with E-state index in [0.29, 0.717) is 17.5 Å². The lowest BCUT2D eigenvalue weighted by Gasteiger charge is -2.16. The van der Waals surface area contributed by atoms with Crippen LogP contribution in [0.4, 0.5) is 0 Å². The van der Waals surface area contributed by atoms with Crippen LogP contribution >= 0.6 is 0 Å². The summed E-state index contributed by atoms with van der Waals surface area (Å²) in [6.45, 7) is 0. The number of nitrogens with zero attached hydrogens (tertiary/aromatic N) is 4. The highest BCUT2D eigenvalue weighted by atomic mass is 15.0. The fourth-order valence-electron chi connectivity index (χ4n) is 9.26. The molecule has 2 heterocycles. The summed E-state index contributed by atoms with van der Waals surface area (Å²) in [5.41, 5.74) is 10.7. The van der Waals surface area contributed by atoms with Crippen LogP contribution in [-0.4, -0.2) is 19.5 Å². The van der Waals surface area contributed by atoms with Crippen molar-refractivity contribution in [3.05, 3.63) is 218 Å². The van der Waals surface area contributed by atoms with Crippen LogP contribution in [0.25, 0.3) is 116 Å². The SMILES string of the molecule is c1ccc(-c2ccccc2-c2nc(-c3ccccc3-c3ccc4c(c3)c3ccccc3n4-c3ccccc3)nc(-c3c4ccccc4cc4c3ccc3ccccc34)n2)cc1. The van der Waals surface area contributed by atoms with Gasteiger partial charge in [0.2, 0.25) is 0 Å². The van der Waals surface area contributed by atoms with Gasteiger partial charge in [-0.15, -0.1) is 0 Å². The van der Waals surface area contributed by atoms with Gasteiger partial charge in [-0.1, -0.05) is 182 Å². The molecule has 12 aromatic rings. The highest BCUT2D eigenvalue weighted by molar-refractivity contribution is 6.19. The third-order valence-electron chi connectivity index (χ3n) is 12.0. The summed E-state index contributed by atoms with van der Waals surface area (Å²) in [5.74, 6) is 1.88. The molecule has 0 N–H and O–H groups in total. The van der Waals surface area contributed by atoms with Gasteiger partial charge in [-0.3, -0.25) is 0 Å². The van der Waals surface area contributed by atoms with E-state index in [1.165, 1.54) is 32.4 Å². The Morgan fingerprint density at radius 3 is 1.56 bits per heavy atom. The van der Waals surface area contributed by atoms with Crippen molar-refractivity contribution in [2.75, 3.05) is 0 Å². The number of benzene rings is 10. The minimum Gasteiger partial charge on any atom is -0.309 e. The average Bonchev–Trinajstić information content (AvgIpc) is 3.67. The number of aromatic nitrogens is 4. The van der Waals surface area contributed by atoms with Gasteiger partial charge in [-0.05, 0) is 91.0 Å². The number of hydrogen-bond donors (Lipinski definition) is 0. The molecule has 2 aromatic heterocycles. The minimum absolute atomic E-state index is 0.618. The van der Waals surface area contributed by atoms with Crippen LogP contribution in [0.5, 0.6) is 0 Å². The van der Waals surface area contributed by atoms with Crippen LogP contribution in [0, 0.1) is 0 Å². The van der Waals surface area contributed by atoms with E-state index in [9.17, 15) is 0 Å². The lowest BCUT2D eigenvalue weighted by Crippen LogP contribution is -2.03. The average molecular weight is 777 g/mol. The minimum atomic E-state index is 0.618. The maximum Gasteiger partial charge on any atom is 0.165 e. The molecule has 0 aliphatic rings. The van der Waals surface area contributed by atoms with Gasteiger partial charge in [0.15, 0.2) is 17.5 Å². The van der Waals surface area contributed by atoms with Crippen LogP contribution in [0.2, 0.25) is 0 Å². The zero-order chi connectivity index (χ0) is 40.3. The summed E-state index contributed by atoms with van der Waals surface area (Å²) in [5, 5.41) is 9.30.